The number of hydrogen-bond acceptors (Lipinski definition) is 3. The van der Waals surface area contributed by atoms with Gasteiger partial charge in [0.1, 0.15) is 11.9 Å². The van der Waals surface area contributed by atoms with Crippen LogP contribution in [0, 0.1) is 5.82 Å². The van der Waals surface area contributed by atoms with E-state index in [0.29, 0.717) is 18.7 Å². The second-order valence-corrected chi connectivity index (χ2v) is 4.65. The summed E-state index contributed by atoms with van der Waals surface area (Å²) in [6, 6.07) is 5.77. The maximum absolute atomic E-state index is 13.1. The number of hydrogen-bond donors (Lipinski definition) is 1. The van der Waals surface area contributed by atoms with E-state index in [9.17, 15) is 14.0 Å². The van der Waals surface area contributed by atoms with Crippen molar-refractivity contribution >= 4 is 17.7 Å². The lowest BCUT2D eigenvalue weighted by Crippen LogP contribution is -2.34. The van der Waals surface area contributed by atoms with Crippen LogP contribution in [0.1, 0.15) is 19.8 Å². The fourth-order valence-corrected chi connectivity index (χ4v) is 2.03. The first-order chi connectivity index (χ1) is 9.60. The predicted molar refractivity (Wildman–Crippen MR) is 71.9 cm³/mol. The highest BCUT2D eigenvalue weighted by Gasteiger charge is 2.32. The Bertz CT molecular complexity index is 507. The zero-order valence-electron chi connectivity index (χ0n) is 11.3. The van der Waals surface area contributed by atoms with Gasteiger partial charge in [-0.3, -0.25) is 9.69 Å². The molecule has 2 rings (SSSR count). The standard InChI is InChI=1S/C14H17FN2O3/c1-2-4-13(18)16-8-12-9-17(14(19)20-12)11-6-3-5-10(15)7-11/h3,5-7,12H,2,4,8-9H2,1H3,(H,16,18). The molecule has 2 amide bonds. The number of cyclic esters (lactones) is 1. The van der Waals surface area contributed by atoms with Crippen LogP contribution >= 0.6 is 0 Å². The number of amides is 2. The fraction of sp³-hybridized carbons (Fsp3) is 0.429. The minimum Gasteiger partial charge on any atom is -0.442 e. The van der Waals surface area contributed by atoms with Crippen molar-refractivity contribution in [3.8, 4) is 0 Å². The van der Waals surface area contributed by atoms with Gasteiger partial charge in [-0.1, -0.05) is 13.0 Å². The van der Waals surface area contributed by atoms with Gasteiger partial charge in [0.05, 0.1) is 18.8 Å². The van der Waals surface area contributed by atoms with E-state index in [1.807, 2.05) is 6.92 Å². The van der Waals surface area contributed by atoms with Crippen molar-refractivity contribution in [2.45, 2.75) is 25.9 Å². The number of nitrogens with zero attached hydrogens (tertiary/aromatic N) is 1. The Morgan fingerprint density at radius 1 is 1.55 bits per heavy atom. The summed E-state index contributed by atoms with van der Waals surface area (Å²) in [6.07, 6.45) is 0.289. The highest BCUT2D eigenvalue weighted by atomic mass is 19.1. The maximum Gasteiger partial charge on any atom is 0.414 e. The molecule has 5 nitrogen and oxygen atoms in total. The van der Waals surface area contributed by atoms with E-state index in [0.717, 1.165) is 6.42 Å². The van der Waals surface area contributed by atoms with Crippen LogP contribution in [0.25, 0.3) is 0 Å². The van der Waals surface area contributed by atoms with Gasteiger partial charge in [-0.2, -0.15) is 0 Å². The third-order valence-electron chi connectivity index (χ3n) is 3.00. The van der Waals surface area contributed by atoms with Gasteiger partial charge in [-0.25, -0.2) is 9.18 Å². The van der Waals surface area contributed by atoms with Gasteiger partial charge >= 0.3 is 6.09 Å². The molecule has 1 heterocycles. The molecule has 0 bridgehead atoms. The summed E-state index contributed by atoms with van der Waals surface area (Å²) in [6.45, 7) is 2.49. The van der Waals surface area contributed by atoms with Crippen LogP contribution in [0.5, 0.6) is 0 Å². The number of carbonyl (C=O) groups excluding carboxylic acids is 2. The third kappa shape index (κ3) is 3.46. The topological polar surface area (TPSA) is 58.6 Å². The van der Waals surface area contributed by atoms with Gasteiger partial charge in [0.25, 0.3) is 0 Å². The molecule has 1 N–H and O–H groups in total. The molecule has 1 aliphatic heterocycles. The van der Waals surface area contributed by atoms with Crippen LogP contribution in [-0.2, 0) is 9.53 Å². The molecule has 1 atom stereocenters. The summed E-state index contributed by atoms with van der Waals surface area (Å²) in [7, 11) is 0. The first-order valence-corrected chi connectivity index (χ1v) is 6.60. The Kier molecular flexibility index (Phi) is 4.55. The van der Waals surface area contributed by atoms with E-state index in [1.54, 1.807) is 6.07 Å². The SMILES string of the molecule is CCCC(=O)NCC1CN(c2cccc(F)c2)C(=O)O1. The molecule has 1 aromatic rings. The number of rotatable bonds is 5. The average molecular weight is 280 g/mol. The highest BCUT2D eigenvalue weighted by molar-refractivity contribution is 5.89. The second-order valence-electron chi connectivity index (χ2n) is 4.65. The van der Waals surface area contributed by atoms with Crippen LogP contribution < -0.4 is 10.2 Å². The summed E-state index contributed by atoms with van der Waals surface area (Å²) in [5.41, 5.74) is 0.456. The molecule has 1 fully saturated rings. The van der Waals surface area contributed by atoms with Crippen molar-refractivity contribution in [2.24, 2.45) is 0 Å². The monoisotopic (exact) mass is 280 g/mol. The Morgan fingerprint density at radius 2 is 2.35 bits per heavy atom. The van der Waals surface area contributed by atoms with Gasteiger partial charge in [0.2, 0.25) is 5.91 Å². The molecule has 0 spiro atoms. The molecule has 0 saturated carbocycles. The van der Waals surface area contributed by atoms with E-state index in [4.69, 9.17) is 4.74 Å². The van der Waals surface area contributed by atoms with Crippen molar-refractivity contribution in [1.82, 2.24) is 5.32 Å². The van der Waals surface area contributed by atoms with Crippen molar-refractivity contribution in [3.63, 3.8) is 0 Å². The molecule has 1 saturated heterocycles. The van der Waals surface area contributed by atoms with Gasteiger partial charge in [-0.15, -0.1) is 0 Å². The minimum absolute atomic E-state index is 0.0623. The molecule has 0 aromatic heterocycles. The number of nitrogens with one attached hydrogen (secondary N) is 1. The predicted octanol–water partition coefficient (Wildman–Crippen LogP) is 2.07. The van der Waals surface area contributed by atoms with Crippen molar-refractivity contribution in [3.05, 3.63) is 30.1 Å². The van der Waals surface area contributed by atoms with E-state index in [-0.39, 0.29) is 12.5 Å². The van der Waals surface area contributed by atoms with Crippen LogP contribution in [0.4, 0.5) is 14.9 Å². The van der Waals surface area contributed by atoms with E-state index >= 15 is 0 Å². The number of halogens is 1. The number of anilines is 1. The summed E-state index contributed by atoms with van der Waals surface area (Å²) in [4.78, 5) is 24.5. The number of carbonyl (C=O) groups is 2. The summed E-state index contributed by atoms with van der Waals surface area (Å²) >= 11 is 0. The normalized spacial score (nSPS) is 18.0. The second kappa shape index (κ2) is 6.36. The lowest BCUT2D eigenvalue weighted by atomic mass is 10.2. The Hall–Kier alpha value is -2.11. The smallest absolute Gasteiger partial charge is 0.414 e. The van der Waals surface area contributed by atoms with E-state index < -0.39 is 18.0 Å². The molecule has 1 aliphatic rings. The summed E-state index contributed by atoms with van der Waals surface area (Å²) in [5, 5.41) is 2.71. The van der Waals surface area contributed by atoms with E-state index in [2.05, 4.69) is 5.32 Å². The van der Waals surface area contributed by atoms with Gasteiger partial charge in [0, 0.05) is 6.42 Å². The first kappa shape index (κ1) is 14.3. The van der Waals surface area contributed by atoms with Crippen molar-refractivity contribution in [1.29, 1.82) is 0 Å². The molecular weight excluding hydrogens is 263 g/mol. The van der Waals surface area contributed by atoms with Gasteiger partial charge in [0.15, 0.2) is 0 Å². The quantitative estimate of drug-likeness (QED) is 0.898. The molecule has 0 radical (unpaired) electrons. The lowest BCUT2D eigenvalue weighted by Gasteiger charge is -2.13. The molecule has 108 valence electrons. The molecular formula is C14H17FN2O3. The summed E-state index contributed by atoms with van der Waals surface area (Å²) in [5.74, 6) is -0.470. The maximum atomic E-state index is 13.1. The van der Waals surface area contributed by atoms with Gasteiger partial charge < -0.3 is 10.1 Å². The van der Waals surface area contributed by atoms with E-state index in [1.165, 1.54) is 23.1 Å². The van der Waals surface area contributed by atoms with Crippen LogP contribution in [-0.4, -0.2) is 31.2 Å². The Morgan fingerprint density at radius 3 is 3.05 bits per heavy atom. The van der Waals surface area contributed by atoms with Crippen LogP contribution in [0.2, 0.25) is 0 Å². The number of ether oxygens (including phenoxy) is 1. The third-order valence-corrected chi connectivity index (χ3v) is 3.00. The fourth-order valence-electron chi connectivity index (χ4n) is 2.03. The largest absolute Gasteiger partial charge is 0.442 e. The average Bonchev–Trinajstić information content (AvgIpc) is 2.78. The molecule has 20 heavy (non-hydrogen) atoms. The highest BCUT2D eigenvalue weighted by Crippen LogP contribution is 2.21. The first-order valence-electron chi connectivity index (χ1n) is 6.60. The minimum atomic E-state index is -0.523. The molecule has 6 heteroatoms. The van der Waals surface area contributed by atoms with Gasteiger partial charge in [-0.05, 0) is 24.6 Å². The van der Waals surface area contributed by atoms with Crippen LogP contribution in [0.3, 0.4) is 0 Å². The Balaban J connectivity index is 1.92. The molecule has 0 aliphatic carbocycles. The zero-order valence-corrected chi connectivity index (χ0v) is 11.3. The molecule has 1 unspecified atom stereocenters. The van der Waals surface area contributed by atoms with Crippen LogP contribution in [0.15, 0.2) is 24.3 Å². The lowest BCUT2D eigenvalue weighted by molar-refractivity contribution is -0.121. The molecule has 1 aromatic carbocycles. The zero-order chi connectivity index (χ0) is 14.5. The van der Waals surface area contributed by atoms with Crippen molar-refractivity contribution in [2.75, 3.05) is 18.0 Å². The Labute approximate surface area is 116 Å². The summed E-state index contributed by atoms with van der Waals surface area (Å²) < 4.78 is 18.3. The van der Waals surface area contributed by atoms with Crippen molar-refractivity contribution < 1.29 is 18.7 Å². The number of benzene rings is 1.